The Morgan fingerprint density at radius 2 is 2.00 bits per heavy atom. The summed E-state index contributed by atoms with van der Waals surface area (Å²) < 4.78 is 0. The molecule has 12 heavy (non-hydrogen) atoms. The molecule has 0 spiro atoms. The first kappa shape index (κ1) is 9.31. The molecule has 0 saturated heterocycles. The second kappa shape index (κ2) is 4.30. The summed E-state index contributed by atoms with van der Waals surface area (Å²) in [6.45, 7) is 8.22. The van der Waals surface area contributed by atoms with Crippen LogP contribution in [0.3, 0.4) is 0 Å². The molecule has 0 aliphatic heterocycles. The van der Waals surface area contributed by atoms with Gasteiger partial charge in [0, 0.05) is 0 Å². The molecule has 0 aliphatic rings. The Morgan fingerprint density at radius 1 is 1.25 bits per heavy atom. The van der Waals surface area contributed by atoms with Crippen molar-refractivity contribution in [2.45, 2.75) is 33.1 Å². The first-order valence-electron chi connectivity index (χ1n) is 4.60. The number of rotatable bonds is 3. The van der Waals surface area contributed by atoms with Crippen molar-refractivity contribution in [3.63, 3.8) is 0 Å². The van der Waals surface area contributed by atoms with E-state index in [1.54, 1.807) is 0 Å². The molecular weight excluding hydrogens is 144 g/mol. The van der Waals surface area contributed by atoms with Crippen molar-refractivity contribution in [1.82, 2.24) is 0 Å². The summed E-state index contributed by atoms with van der Waals surface area (Å²) in [7, 11) is 0. The summed E-state index contributed by atoms with van der Waals surface area (Å²) in [5.74, 6) is 0. The topological polar surface area (TPSA) is 0 Å². The van der Waals surface area contributed by atoms with Crippen LogP contribution in [-0.2, 0) is 6.42 Å². The molecule has 1 rings (SSSR count). The van der Waals surface area contributed by atoms with Crippen LogP contribution in [0.1, 0.15) is 29.5 Å². The lowest BCUT2D eigenvalue weighted by Crippen LogP contribution is -1.91. The van der Waals surface area contributed by atoms with Gasteiger partial charge in [0.15, 0.2) is 0 Å². The van der Waals surface area contributed by atoms with Gasteiger partial charge in [0.25, 0.3) is 0 Å². The smallest absolute Gasteiger partial charge is 0.0276 e. The molecule has 0 saturated carbocycles. The highest BCUT2D eigenvalue weighted by molar-refractivity contribution is 5.33. The normalized spacial score (nSPS) is 10.2. The predicted molar refractivity (Wildman–Crippen MR) is 54.2 cm³/mol. The first-order chi connectivity index (χ1) is 5.75. The monoisotopic (exact) mass is 161 g/mol. The summed E-state index contributed by atoms with van der Waals surface area (Å²) in [5, 5.41) is 0. The Hall–Kier alpha value is -0.780. The molecule has 0 aliphatic carbocycles. The molecule has 1 aromatic carbocycles. The Bertz CT molecular complexity index is 248. The van der Waals surface area contributed by atoms with Gasteiger partial charge >= 0.3 is 0 Å². The third-order valence-electron chi connectivity index (χ3n) is 2.41. The molecule has 0 fully saturated rings. The van der Waals surface area contributed by atoms with E-state index in [1.807, 2.05) is 0 Å². The zero-order chi connectivity index (χ0) is 8.97. The summed E-state index contributed by atoms with van der Waals surface area (Å²) in [4.78, 5) is 0. The quantitative estimate of drug-likeness (QED) is 0.637. The maximum atomic E-state index is 3.85. The largest absolute Gasteiger partial charge is 0.0617 e. The maximum absolute atomic E-state index is 3.85. The Labute approximate surface area is 75.6 Å². The number of unbranched alkanes of at least 4 members (excludes halogenated alkanes) is 1. The predicted octanol–water partition coefficient (Wildman–Crippen LogP) is 3.46. The van der Waals surface area contributed by atoms with Gasteiger partial charge in [-0.05, 0) is 43.4 Å². The lowest BCUT2D eigenvalue weighted by molar-refractivity contribution is 0.834. The van der Waals surface area contributed by atoms with E-state index >= 15 is 0 Å². The van der Waals surface area contributed by atoms with Gasteiger partial charge in [-0.25, -0.2) is 0 Å². The van der Waals surface area contributed by atoms with Crippen LogP contribution in [0.5, 0.6) is 0 Å². The van der Waals surface area contributed by atoms with Gasteiger partial charge in [-0.3, -0.25) is 0 Å². The fraction of sp³-hybridized carbons (Fsp3) is 0.417. The van der Waals surface area contributed by atoms with E-state index in [0.29, 0.717) is 0 Å². The van der Waals surface area contributed by atoms with Crippen LogP contribution >= 0.6 is 0 Å². The molecule has 0 N–H and O–H groups in total. The van der Waals surface area contributed by atoms with E-state index in [-0.39, 0.29) is 0 Å². The van der Waals surface area contributed by atoms with E-state index in [4.69, 9.17) is 0 Å². The molecule has 65 valence electrons. The van der Waals surface area contributed by atoms with Gasteiger partial charge in [-0.1, -0.05) is 31.5 Å². The molecule has 0 nitrogen and oxygen atoms in total. The zero-order valence-corrected chi connectivity index (χ0v) is 8.06. The van der Waals surface area contributed by atoms with Crippen molar-refractivity contribution < 1.29 is 0 Å². The second-order valence-electron chi connectivity index (χ2n) is 3.32. The van der Waals surface area contributed by atoms with E-state index in [9.17, 15) is 0 Å². The maximum Gasteiger partial charge on any atom is -0.0276 e. The number of hydrogen-bond acceptors (Lipinski definition) is 0. The first-order valence-corrected chi connectivity index (χ1v) is 4.60. The highest BCUT2D eigenvalue weighted by atomic mass is 14.0. The van der Waals surface area contributed by atoms with Gasteiger partial charge in [0.2, 0.25) is 0 Å². The molecule has 1 aromatic rings. The Morgan fingerprint density at radius 3 is 2.67 bits per heavy atom. The molecule has 0 aromatic heterocycles. The van der Waals surface area contributed by atoms with Crippen LogP contribution in [0.4, 0.5) is 0 Å². The van der Waals surface area contributed by atoms with Gasteiger partial charge in [0.1, 0.15) is 0 Å². The van der Waals surface area contributed by atoms with Gasteiger partial charge < -0.3 is 0 Å². The molecule has 0 heterocycles. The van der Waals surface area contributed by atoms with Crippen LogP contribution in [-0.4, -0.2) is 0 Å². The SMILES string of the molecule is [CH2]CCCc1cccc(C)c1C. The van der Waals surface area contributed by atoms with Crippen LogP contribution in [0.15, 0.2) is 18.2 Å². The van der Waals surface area contributed by atoms with Crippen LogP contribution in [0, 0.1) is 20.8 Å². The fourth-order valence-electron chi connectivity index (χ4n) is 1.40. The zero-order valence-electron chi connectivity index (χ0n) is 8.06. The molecule has 1 radical (unpaired) electrons. The summed E-state index contributed by atoms with van der Waals surface area (Å²) in [6.07, 6.45) is 3.41. The van der Waals surface area contributed by atoms with Gasteiger partial charge in [-0.2, -0.15) is 0 Å². The summed E-state index contributed by atoms with van der Waals surface area (Å²) in [6, 6.07) is 6.53. The minimum absolute atomic E-state index is 1.04. The van der Waals surface area contributed by atoms with Gasteiger partial charge in [-0.15, -0.1) is 0 Å². The van der Waals surface area contributed by atoms with E-state index in [2.05, 4.69) is 39.0 Å². The number of benzene rings is 1. The molecule has 0 bridgehead atoms. The van der Waals surface area contributed by atoms with Crippen molar-refractivity contribution in [3.05, 3.63) is 41.8 Å². The van der Waals surface area contributed by atoms with Crippen molar-refractivity contribution in [2.24, 2.45) is 0 Å². The molecule has 0 heteroatoms. The number of hydrogen-bond donors (Lipinski definition) is 0. The number of aryl methyl sites for hydroxylation is 2. The average molecular weight is 161 g/mol. The molecular formula is C12H17. The highest BCUT2D eigenvalue weighted by Crippen LogP contribution is 2.14. The summed E-state index contributed by atoms with van der Waals surface area (Å²) in [5.41, 5.74) is 4.33. The van der Waals surface area contributed by atoms with E-state index < -0.39 is 0 Å². The Balaban J connectivity index is 2.78. The van der Waals surface area contributed by atoms with E-state index in [1.165, 1.54) is 29.5 Å². The molecule has 0 amide bonds. The molecule has 0 atom stereocenters. The third-order valence-corrected chi connectivity index (χ3v) is 2.41. The summed E-state index contributed by atoms with van der Waals surface area (Å²) >= 11 is 0. The minimum Gasteiger partial charge on any atom is -0.0617 e. The second-order valence-corrected chi connectivity index (χ2v) is 3.32. The average Bonchev–Trinajstić information content (AvgIpc) is 2.08. The van der Waals surface area contributed by atoms with Crippen molar-refractivity contribution in [1.29, 1.82) is 0 Å². The van der Waals surface area contributed by atoms with Crippen LogP contribution in [0.2, 0.25) is 0 Å². The van der Waals surface area contributed by atoms with Crippen LogP contribution < -0.4 is 0 Å². The lowest BCUT2D eigenvalue weighted by Gasteiger charge is -2.06. The molecule has 0 unspecified atom stereocenters. The lowest BCUT2D eigenvalue weighted by atomic mass is 9.99. The minimum atomic E-state index is 1.04. The van der Waals surface area contributed by atoms with Crippen LogP contribution in [0.25, 0.3) is 0 Å². The Kier molecular flexibility index (Phi) is 3.33. The standard InChI is InChI=1S/C12H17/c1-4-5-8-12-9-6-7-10(2)11(12)3/h6-7,9H,1,4-5,8H2,2-3H3. The highest BCUT2D eigenvalue weighted by Gasteiger charge is 1.98. The fourth-order valence-corrected chi connectivity index (χ4v) is 1.40. The van der Waals surface area contributed by atoms with Crippen molar-refractivity contribution >= 4 is 0 Å². The van der Waals surface area contributed by atoms with Crippen molar-refractivity contribution in [3.8, 4) is 0 Å². The van der Waals surface area contributed by atoms with Crippen molar-refractivity contribution in [2.75, 3.05) is 0 Å². The third kappa shape index (κ3) is 2.10. The van der Waals surface area contributed by atoms with Gasteiger partial charge in [0.05, 0.1) is 0 Å². The van der Waals surface area contributed by atoms with E-state index in [0.717, 1.165) is 6.42 Å².